The first kappa shape index (κ1) is 12.6. The third-order valence-electron chi connectivity index (χ3n) is 1.21. The molecule has 0 bridgehead atoms. The van der Waals surface area contributed by atoms with Crippen molar-refractivity contribution in [2.24, 2.45) is 0 Å². The van der Waals surface area contributed by atoms with Crippen molar-refractivity contribution < 1.29 is 9.90 Å². The van der Waals surface area contributed by atoms with Crippen molar-refractivity contribution in [3.8, 4) is 12.3 Å². The van der Waals surface area contributed by atoms with Crippen molar-refractivity contribution in [2.45, 2.75) is 13.8 Å². The molecule has 0 unspecified atom stereocenters. The molecule has 0 N–H and O–H groups in total. The summed E-state index contributed by atoms with van der Waals surface area (Å²) in [4.78, 5) is 10.4. The summed E-state index contributed by atoms with van der Waals surface area (Å²) in [5, 5.41) is 8.25. The lowest BCUT2D eigenvalue weighted by molar-refractivity contribution is -0.283. The van der Waals surface area contributed by atoms with Crippen LogP contribution in [0.4, 0.5) is 0 Å². The number of nitrogens with zero attached hydrogens (tertiary/aromatic N) is 1. The van der Waals surface area contributed by atoms with Crippen molar-refractivity contribution in [2.75, 3.05) is 19.6 Å². The van der Waals surface area contributed by atoms with Gasteiger partial charge in [-0.05, 0) is 13.1 Å². The average molecular weight is 156 g/mol. The molecule has 0 rings (SSSR count). The lowest BCUT2D eigenvalue weighted by Crippen LogP contribution is -2.22. The third kappa shape index (κ3) is 12.2. The monoisotopic (exact) mass is 156 g/mol. The molecule has 0 heterocycles. The van der Waals surface area contributed by atoms with Gasteiger partial charge in [0.15, 0.2) is 0 Å². The molecule has 11 heavy (non-hydrogen) atoms. The van der Waals surface area contributed by atoms with Crippen LogP contribution in [0.15, 0.2) is 0 Å². The number of carbonyl (C=O) groups excluding carboxylic acids is 1. The quantitative estimate of drug-likeness (QED) is 0.402. The Morgan fingerprint density at radius 1 is 1.55 bits per heavy atom. The molecule has 0 saturated carbocycles. The largest absolute Gasteiger partial charge is 0.554 e. The molecule has 64 valence electrons. The summed E-state index contributed by atoms with van der Waals surface area (Å²) in [5.41, 5.74) is 0. The topological polar surface area (TPSA) is 43.4 Å². The lowest BCUT2D eigenvalue weighted by atomic mass is 10.5. The first-order valence-electron chi connectivity index (χ1n) is 3.48. The van der Waals surface area contributed by atoms with Crippen LogP contribution in [0.5, 0.6) is 0 Å². The molecule has 0 saturated heterocycles. The molecule has 0 aromatic carbocycles. The SMILES string of the molecule is C#CCN(CC)CC.O=C[O-]. The highest BCUT2D eigenvalue weighted by Crippen LogP contribution is 1.81. The number of carbonyl (C=O) groups is 1. The molecule has 0 fully saturated rings. The van der Waals surface area contributed by atoms with Gasteiger partial charge < -0.3 is 9.90 Å². The number of terminal acetylenes is 1. The van der Waals surface area contributed by atoms with E-state index in [0.29, 0.717) is 0 Å². The molecule has 0 amide bonds. The fraction of sp³-hybridized carbons (Fsp3) is 0.625. The highest BCUT2D eigenvalue weighted by atomic mass is 16.3. The van der Waals surface area contributed by atoms with Gasteiger partial charge in [0.2, 0.25) is 0 Å². The molecular formula is C8H14NO2-. The van der Waals surface area contributed by atoms with Gasteiger partial charge in [-0.3, -0.25) is 4.90 Å². The van der Waals surface area contributed by atoms with Gasteiger partial charge in [-0.25, -0.2) is 0 Å². The zero-order chi connectivity index (χ0) is 9.11. The smallest absolute Gasteiger partial charge is 0.0598 e. The lowest BCUT2D eigenvalue weighted by Gasteiger charge is -2.12. The molecule has 3 heteroatoms. The van der Waals surface area contributed by atoms with Crippen LogP contribution >= 0.6 is 0 Å². The Morgan fingerprint density at radius 3 is 2.00 bits per heavy atom. The molecule has 0 aromatic rings. The maximum Gasteiger partial charge on any atom is 0.0598 e. The highest BCUT2D eigenvalue weighted by molar-refractivity contribution is 5.29. The molecule has 0 radical (unpaired) electrons. The summed E-state index contributed by atoms with van der Waals surface area (Å²) in [6.45, 7) is 6.62. The van der Waals surface area contributed by atoms with Crippen LogP contribution in [0, 0.1) is 12.3 Å². The summed E-state index contributed by atoms with van der Waals surface area (Å²) in [6, 6.07) is 0. The second-order valence-corrected chi connectivity index (χ2v) is 1.76. The van der Waals surface area contributed by atoms with Crippen LogP contribution in [0.2, 0.25) is 0 Å². The van der Waals surface area contributed by atoms with Gasteiger partial charge in [0.1, 0.15) is 0 Å². The van der Waals surface area contributed by atoms with Crippen LogP contribution in [0.25, 0.3) is 0 Å². The van der Waals surface area contributed by atoms with Crippen LogP contribution in [0.3, 0.4) is 0 Å². The Morgan fingerprint density at radius 2 is 1.91 bits per heavy atom. The van der Waals surface area contributed by atoms with Crippen LogP contribution in [-0.2, 0) is 4.79 Å². The molecule has 3 nitrogen and oxygen atoms in total. The standard InChI is InChI=1S/C7H13N.CH2O2/c1-4-7-8(5-2)6-3;2-1-3/h1H,5-7H2,2-3H3;1H,(H,2,3)/p-1. The second-order valence-electron chi connectivity index (χ2n) is 1.76. The van der Waals surface area contributed by atoms with Gasteiger partial charge in [-0.2, -0.15) is 0 Å². The zero-order valence-electron chi connectivity index (χ0n) is 7.04. The minimum absolute atomic E-state index is 0.500. The van der Waals surface area contributed by atoms with E-state index in [9.17, 15) is 0 Å². The van der Waals surface area contributed by atoms with Crippen molar-refractivity contribution in [1.29, 1.82) is 0 Å². The Bertz CT molecular complexity index is 114. The molecule has 0 aromatic heterocycles. The van der Waals surface area contributed by atoms with Crippen LogP contribution in [0.1, 0.15) is 13.8 Å². The summed E-state index contributed by atoms with van der Waals surface area (Å²) >= 11 is 0. The third-order valence-corrected chi connectivity index (χ3v) is 1.21. The van der Waals surface area contributed by atoms with E-state index in [1.807, 2.05) is 0 Å². The van der Waals surface area contributed by atoms with E-state index >= 15 is 0 Å². The summed E-state index contributed by atoms with van der Waals surface area (Å²) in [7, 11) is 0. The molecule has 0 atom stereocenters. The van der Waals surface area contributed by atoms with E-state index < -0.39 is 6.47 Å². The van der Waals surface area contributed by atoms with Gasteiger partial charge in [0.05, 0.1) is 6.54 Å². The van der Waals surface area contributed by atoms with Crippen molar-refractivity contribution in [3.63, 3.8) is 0 Å². The molecule has 0 aliphatic carbocycles. The Kier molecular flexibility index (Phi) is 13.5. The zero-order valence-corrected chi connectivity index (χ0v) is 7.04. The van der Waals surface area contributed by atoms with E-state index in [4.69, 9.17) is 16.3 Å². The van der Waals surface area contributed by atoms with Crippen molar-refractivity contribution >= 4 is 6.47 Å². The van der Waals surface area contributed by atoms with Gasteiger partial charge >= 0.3 is 0 Å². The van der Waals surface area contributed by atoms with Crippen molar-refractivity contribution in [3.05, 3.63) is 0 Å². The predicted molar refractivity (Wildman–Crippen MR) is 42.7 cm³/mol. The molecule has 0 aliphatic heterocycles. The van der Waals surface area contributed by atoms with Gasteiger partial charge in [-0.1, -0.05) is 19.8 Å². The highest BCUT2D eigenvalue weighted by Gasteiger charge is 1.91. The van der Waals surface area contributed by atoms with E-state index in [-0.39, 0.29) is 0 Å². The van der Waals surface area contributed by atoms with E-state index in [1.165, 1.54) is 0 Å². The summed E-state index contributed by atoms with van der Waals surface area (Å²) < 4.78 is 0. The number of hydrogen-bond donors (Lipinski definition) is 0. The Balaban J connectivity index is 0. The van der Waals surface area contributed by atoms with E-state index in [0.717, 1.165) is 19.6 Å². The predicted octanol–water partition coefficient (Wildman–Crippen LogP) is -0.672. The molecule has 0 spiro atoms. The fourth-order valence-corrected chi connectivity index (χ4v) is 0.576. The van der Waals surface area contributed by atoms with Crippen LogP contribution in [-0.4, -0.2) is 31.0 Å². The normalized spacial score (nSPS) is 7.82. The second kappa shape index (κ2) is 11.7. The molecule has 0 aliphatic rings. The Hall–Kier alpha value is -1.01. The summed E-state index contributed by atoms with van der Waals surface area (Å²) in [6.07, 6.45) is 5.09. The van der Waals surface area contributed by atoms with Gasteiger partial charge in [-0.15, -0.1) is 6.42 Å². The number of hydrogen-bond acceptors (Lipinski definition) is 3. The average Bonchev–Trinajstić information content (AvgIpc) is 2.02. The Labute approximate surface area is 68.0 Å². The minimum atomic E-state index is -0.500. The maximum atomic E-state index is 8.25. The molecular weight excluding hydrogens is 142 g/mol. The number of carboxylic acid groups (broad SMARTS) is 1. The van der Waals surface area contributed by atoms with E-state index in [1.54, 1.807) is 0 Å². The van der Waals surface area contributed by atoms with Crippen LogP contribution < -0.4 is 5.11 Å². The maximum absolute atomic E-state index is 8.25. The number of rotatable bonds is 3. The summed E-state index contributed by atoms with van der Waals surface area (Å²) in [5.74, 6) is 2.60. The first-order chi connectivity index (χ1) is 5.26. The van der Waals surface area contributed by atoms with Gasteiger partial charge in [0, 0.05) is 6.47 Å². The first-order valence-corrected chi connectivity index (χ1v) is 3.48. The fourth-order valence-electron chi connectivity index (χ4n) is 0.576. The minimum Gasteiger partial charge on any atom is -0.554 e. The van der Waals surface area contributed by atoms with Gasteiger partial charge in [0.25, 0.3) is 0 Å². The van der Waals surface area contributed by atoms with Crippen molar-refractivity contribution in [1.82, 2.24) is 4.90 Å². The van der Waals surface area contributed by atoms with E-state index in [2.05, 4.69) is 24.7 Å².